The van der Waals surface area contributed by atoms with Gasteiger partial charge in [0.1, 0.15) is 0 Å². The second-order valence-corrected chi connectivity index (χ2v) is 4.65. The van der Waals surface area contributed by atoms with E-state index < -0.39 is 0 Å². The molecule has 1 aliphatic carbocycles. The molecule has 1 aliphatic rings. The lowest BCUT2D eigenvalue weighted by Gasteiger charge is -2.36. The summed E-state index contributed by atoms with van der Waals surface area (Å²) < 4.78 is 0. The highest BCUT2D eigenvalue weighted by Crippen LogP contribution is 2.49. The van der Waals surface area contributed by atoms with Gasteiger partial charge < -0.3 is 11.5 Å². The van der Waals surface area contributed by atoms with Crippen LogP contribution in [0.3, 0.4) is 0 Å². The van der Waals surface area contributed by atoms with Gasteiger partial charge in [-0.1, -0.05) is 13.8 Å². The van der Waals surface area contributed by atoms with Gasteiger partial charge in [0.15, 0.2) is 0 Å². The molecular formula is C10H22N2. The predicted molar refractivity (Wildman–Crippen MR) is 52.8 cm³/mol. The SMILES string of the molecule is CCC1(CN)CCC(C)(N)C1C. The van der Waals surface area contributed by atoms with Crippen molar-refractivity contribution in [3.63, 3.8) is 0 Å². The van der Waals surface area contributed by atoms with E-state index in [0.29, 0.717) is 11.3 Å². The molecule has 1 rings (SSSR count). The van der Waals surface area contributed by atoms with E-state index in [9.17, 15) is 0 Å². The Morgan fingerprint density at radius 2 is 2.00 bits per heavy atom. The lowest BCUT2D eigenvalue weighted by atomic mass is 9.73. The molecule has 3 unspecified atom stereocenters. The van der Waals surface area contributed by atoms with Crippen LogP contribution < -0.4 is 11.5 Å². The van der Waals surface area contributed by atoms with Gasteiger partial charge in [-0.15, -0.1) is 0 Å². The van der Waals surface area contributed by atoms with Gasteiger partial charge in [0.25, 0.3) is 0 Å². The Kier molecular flexibility index (Phi) is 2.50. The average molecular weight is 170 g/mol. The summed E-state index contributed by atoms with van der Waals surface area (Å²) >= 11 is 0. The van der Waals surface area contributed by atoms with Crippen LogP contribution in [0.2, 0.25) is 0 Å². The number of rotatable bonds is 2. The molecule has 0 radical (unpaired) electrons. The van der Waals surface area contributed by atoms with Crippen LogP contribution in [0, 0.1) is 11.3 Å². The van der Waals surface area contributed by atoms with E-state index in [-0.39, 0.29) is 5.54 Å². The maximum Gasteiger partial charge on any atom is 0.0157 e. The highest BCUT2D eigenvalue weighted by molar-refractivity contribution is 5.03. The topological polar surface area (TPSA) is 52.0 Å². The molecule has 0 aliphatic heterocycles. The first-order valence-corrected chi connectivity index (χ1v) is 4.97. The molecule has 4 N–H and O–H groups in total. The van der Waals surface area contributed by atoms with Gasteiger partial charge >= 0.3 is 0 Å². The molecule has 0 aromatic carbocycles. The molecule has 0 aromatic heterocycles. The summed E-state index contributed by atoms with van der Waals surface area (Å²) in [5.74, 6) is 0.556. The van der Waals surface area contributed by atoms with Crippen LogP contribution in [0.15, 0.2) is 0 Å². The molecule has 1 saturated carbocycles. The van der Waals surface area contributed by atoms with Crippen LogP contribution in [-0.2, 0) is 0 Å². The van der Waals surface area contributed by atoms with Crippen LogP contribution in [0.4, 0.5) is 0 Å². The Morgan fingerprint density at radius 3 is 2.17 bits per heavy atom. The van der Waals surface area contributed by atoms with E-state index in [2.05, 4.69) is 20.8 Å². The number of nitrogens with two attached hydrogens (primary N) is 2. The van der Waals surface area contributed by atoms with Crippen molar-refractivity contribution in [1.82, 2.24) is 0 Å². The predicted octanol–water partition coefficient (Wildman–Crippen LogP) is 1.49. The Hall–Kier alpha value is -0.0800. The maximum atomic E-state index is 6.19. The summed E-state index contributed by atoms with van der Waals surface area (Å²) in [5, 5.41) is 0. The monoisotopic (exact) mass is 170 g/mol. The van der Waals surface area contributed by atoms with Crippen LogP contribution >= 0.6 is 0 Å². The Bertz CT molecular complexity index is 159. The molecule has 2 heteroatoms. The van der Waals surface area contributed by atoms with Gasteiger partial charge in [0.05, 0.1) is 0 Å². The van der Waals surface area contributed by atoms with Crippen LogP contribution in [-0.4, -0.2) is 12.1 Å². The third-order valence-electron chi connectivity index (χ3n) is 4.18. The molecule has 72 valence electrons. The lowest BCUT2D eigenvalue weighted by Crippen LogP contribution is -2.45. The highest BCUT2D eigenvalue weighted by Gasteiger charge is 2.48. The first-order valence-electron chi connectivity index (χ1n) is 4.97. The maximum absolute atomic E-state index is 6.19. The zero-order chi connectivity index (χ0) is 9.41. The van der Waals surface area contributed by atoms with Gasteiger partial charge in [-0.05, 0) is 44.1 Å². The van der Waals surface area contributed by atoms with E-state index in [4.69, 9.17) is 11.5 Å². The Morgan fingerprint density at radius 1 is 1.42 bits per heavy atom. The van der Waals surface area contributed by atoms with Crippen LogP contribution in [0.25, 0.3) is 0 Å². The molecule has 0 amide bonds. The average Bonchev–Trinajstić information content (AvgIpc) is 2.27. The Balaban J connectivity index is 2.83. The molecule has 0 aromatic rings. The van der Waals surface area contributed by atoms with Crippen LogP contribution in [0.5, 0.6) is 0 Å². The quantitative estimate of drug-likeness (QED) is 0.659. The van der Waals surface area contributed by atoms with Crippen molar-refractivity contribution in [2.75, 3.05) is 6.54 Å². The second kappa shape index (κ2) is 3.00. The van der Waals surface area contributed by atoms with Gasteiger partial charge in [0, 0.05) is 5.54 Å². The van der Waals surface area contributed by atoms with Crippen molar-refractivity contribution < 1.29 is 0 Å². The normalized spacial score (nSPS) is 48.2. The summed E-state index contributed by atoms with van der Waals surface area (Å²) in [7, 11) is 0. The first-order chi connectivity index (χ1) is 5.48. The summed E-state index contributed by atoms with van der Waals surface area (Å²) in [5.41, 5.74) is 12.4. The minimum Gasteiger partial charge on any atom is -0.330 e. The third-order valence-corrected chi connectivity index (χ3v) is 4.18. The molecule has 0 spiro atoms. The number of hydrogen-bond donors (Lipinski definition) is 2. The van der Waals surface area contributed by atoms with Crippen molar-refractivity contribution in [1.29, 1.82) is 0 Å². The van der Waals surface area contributed by atoms with Crippen molar-refractivity contribution in [3.05, 3.63) is 0 Å². The number of hydrogen-bond acceptors (Lipinski definition) is 2. The smallest absolute Gasteiger partial charge is 0.0157 e. The molecule has 1 fully saturated rings. The molecule has 12 heavy (non-hydrogen) atoms. The fraction of sp³-hybridized carbons (Fsp3) is 1.00. The Labute approximate surface area is 75.7 Å². The largest absolute Gasteiger partial charge is 0.330 e. The fourth-order valence-electron chi connectivity index (χ4n) is 2.56. The summed E-state index contributed by atoms with van der Waals surface area (Å²) in [6, 6.07) is 0. The van der Waals surface area contributed by atoms with Gasteiger partial charge in [0.2, 0.25) is 0 Å². The fourth-order valence-corrected chi connectivity index (χ4v) is 2.56. The van der Waals surface area contributed by atoms with E-state index in [0.717, 1.165) is 19.4 Å². The molecule has 3 atom stereocenters. The second-order valence-electron chi connectivity index (χ2n) is 4.65. The van der Waals surface area contributed by atoms with Crippen molar-refractivity contribution in [3.8, 4) is 0 Å². The van der Waals surface area contributed by atoms with Gasteiger partial charge in [-0.2, -0.15) is 0 Å². The van der Waals surface area contributed by atoms with E-state index >= 15 is 0 Å². The van der Waals surface area contributed by atoms with Crippen LogP contribution in [0.1, 0.15) is 40.0 Å². The standard InChI is InChI=1S/C10H22N2/c1-4-10(7-11)6-5-9(3,12)8(10)2/h8H,4-7,11-12H2,1-3H3. The van der Waals surface area contributed by atoms with Gasteiger partial charge in [-0.25, -0.2) is 0 Å². The minimum absolute atomic E-state index is 0.00931. The van der Waals surface area contributed by atoms with Crippen molar-refractivity contribution in [2.45, 2.75) is 45.6 Å². The van der Waals surface area contributed by atoms with E-state index in [1.54, 1.807) is 0 Å². The van der Waals surface area contributed by atoms with Gasteiger partial charge in [-0.3, -0.25) is 0 Å². The molecule has 2 nitrogen and oxygen atoms in total. The summed E-state index contributed by atoms with van der Waals surface area (Å²) in [4.78, 5) is 0. The minimum atomic E-state index is 0.00931. The molecule has 0 bridgehead atoms. The van der Waals surface area contributed by atoms with E-state index in [1.807, 2.05) is 0 Å². The zero-order valence-corrected chi connectivity index (χ0v) is 8.56. The van der Waals surface area contributed by atoms with Crippen molar-refractivity contribution >= 4 is 0 Å². The summed E-state index contributed by atoms with van der Waals surface area (Å²) in [6.45, 7) is 7.43. The molecule has 0 heterocycles. The molecular weight excluding hydrogens is 148 g/mol. The van der Waals surface area contributed by atoms with Crippen molar-refractivity contribution in [2.24, 2.45) is 22.8 Å². The zero-order valence-electron chi connectivity index (χ0n) is 8.56. The first kappa shape index (κ1) is 10.0. The lowest BCUT2D eigenvalue weighted by molar-refractivity contribution is 0.177. The molecule has 0 saturated heterocycles. The third kappa shape index (κ3) is 1.27. The highest BCUT2D eigenvalue weighted by atomic mass is 14.8. The summed E-state index contributed by atoms with van der Waals surface area (Å²) in [6.07, 6.45) is 3.49. The van der Waals surface area contributed by atoms with E-state index in [1.165, 1.54) is 6.42 Å².